The van der Waals surface area contributed by atoms with E-state index in [1.54, 1.807) is 0 Å². The van der Waals surface area contributed by atoms with Gasteiger partial charge in [-0.2, -0.15) is 0 Å². The van der Waals surface area contributed by atoms with Gasteiger partial charge < -0.3 is 19.3 Å². The first-order valence-electron chi connectivity index (χ1n) is 8.71. The number of ether oxygens (including phenoxy) is 3. The highest BCUT2D eigenvalue weighted by Crippen LogP contribution is 2.45. The Kier molecular flexibility index (Phi) is 4.89. The molecule has 0 radical (unpaired) electrons. The van der Waals surface area contributed by atoms with Gasteiger partial charge in [0.25, 0.3) is 0 Å². The molecule has 3 saturated heterocycles. The van der Waals surface area contributed by atoms with Crippen molar-refractivity contribution in [1.29, 1.82) is 0 Å². The van der Waals surface area contributed by atoms with E-state index in [1.807, 2.05) is 0 Å². The Morgan fingerprint density at radius 2 is 1.86 bits per heavy atom. The van der Waals surface area contributed by atoms with Crippen LogP contribution in [-0.4, -0.2) is 48.8 Å². The molecular weight excluding hydrogens is 268 g/mol. The van der Waals surface area contributed by atoms with Gasteiger partial charge in [0, 0.05) is 32.8 Å². The van der Waals surface area contributed by atoms with Crippen molar-refractivity contribution in [1.82, 2.24) is 0 Å². The second-order valence-electron chi connectivity index (χ2n) is 7.17. The number of aliphatic hydroxyl groups is 1. The first kappa shape index (κ1) is 15.7. The van der Waals surface area contributed by atoms with E-state index in [1.165, 1.54) is 0 Å². The predicted octanol–water partition coefficient (Wildman–Crippen LogP) is 2.67. The minimum absolute atomic E-state index is 0.0323. The highest BCUT2D eigenvalue weighted by molar-refractivity contribution is 4.98. The molecule has 3 fully saturated rings. The Bertz CT molecular complexity index is 332. The third kappa shape index (κ3) is 3.44. The maximum atomic E-state index is 11.2. The quantitative estimate of drug-likeness (QED) is 0.870. The Balaban J connectivity index is 1.66. The molecule has 3 aliphatic rings. The summed E-state index contributed by atoms with van der Waals surface area (Å²) in [7, 11) is 0. The summed E-state index contributed by atoms with van der Waals surface area (Å²) in [5, 5.41) is 11.2. The van der Waals surface area contributed by atoms with Crippen LogP contribution in [0.25, 0.3) is 0 Å². The van der Waals surface area contributed by atoms with Gasteiger partial charge in [-0.3, -0.25) is 0 Å². The molecule has 0 aromatic rings. The second kappa shape index (κ2) is 6.53. The molecule has 0 amide bonds. The van der Waals surface area contributed by atoms with Crippen LogP contribution in [0, 0.1) is 5.92 Å². The molecule has 0 aromatic carbocycles. The average molecular weight is 298 g/mol. The maximum absolute atomic E-state index is 11.2. The fourth-order valence-electron chi connectivity index (χ4n) is 4.41. The SMILES string of the molecule is CCCC1CC(O)(C2CCOC3(CCOCC3)C2)CCO1. The zero-order valence-electron chi connectivity index (χ0n) is 13.3. The van der Waals surface area contributed by atoms with Crippen LogP contribution in [0.5, 0.6) is 0 Å². The summed E-state index contributed by atoms with van der Waals surface area (Å²) in [6.07, 6.45) is 7.94. The monoisotopic (exact) mass is 298 g/mol. The van der Waals surface area contributed by atoms with E-state index in [-0.39, 0.29) is 11.7 Å². The van der Waals surface area contributed by atoms with E-state index in [0.29, 0.717) is 12.5 Å². The first-order valence-corrected chi connectivity index (χ1v) is 8.71. The number of hydrogen-bond donors (Lipinski definition) is 1. The molecule has 3 aliphatic heterocycles. The lowest BCUT2D eigenvalue weighted by atomic mass is 9.69. The topological polar surface area (TPSA) is 47.9 Å². The van der Waals surface area contributed by atoms with Crippen molar-refractivity contribution >= 4 is 0 Å². The van der Waals surface area contributed by atoms with Gasteiger partial charge in [-0.1, -0.05) is 13.3 Å². The maximum Gasteiger partial charge on any atom is 0.0730 e. The Morgan fingerprint density at radius 3 is 2.62 bits per heavy atom. The molecule has 0 saturated carbocycles. The average Bonchev–Trinajstić information content (AvgIpc) is 2.49. The Morgan fingerprint density at radius 1 is 1.05 bits per heavy atom. The number of rotatable bonds is 3. The summed E-state index contributed by atoms with van der Waals surface area (Å²) in [6.45, 7) is 5.27. The molecule has 1 spiro atoms. The van der Waals surface area contributed by atoms with Gasteiger partial charge >= 0.3 is 0 Å². The molecule has 1 N–H and O–H groups in total. The molecule has 0 aromatic heterocycles. The van der Waals surface area contributed by atoms with Gasteiger partial charge in [0.05, 0.1) is 17.3 Å². The van der Waals surface area contributed by atoms with Crippen molar-refractivity contribution < 1.29 is 19.3 Å². The Hall–Kier alpha value is -0.160. The molecule has 0 aliphatic carbocycles. The van der Waals surface area contributed by atoms with Crippen molar-refractivity contribution in [3.05, 3.63) is 0 Å². The zero-order valence-corrected chi connectivity index (χ0v) is 13.3. The third-order valence-corrected chi connectivity index (χ3v) is 5.74. The molecule has 122 valence electrons. The molecule has 21 heavy (non-hydrogen) atoms. The van der Waals surface area contributed by atoms with Crippen LogP contribution in [0.3, 0.4) is 0 Å². The number of hydrogen-bond acceptors (Lipinski definition) is 4. The van der Waals surface area contributed by atoms with Crippen LogP contribution in [0.15, 0.2) is 0 Å². The summed E-state index contributed by atoms with van der Waals surface area (Å²) < 4.78 is 17.4. The van der Waals surface area contributed by atoms with Gasteiger partial charge in [0.1, 0.15) is 0 Å². The van der Waals surface area contributed by atoms with E-state index in [9.17, 15) is 5.11 Å². The van der Waals surface area contributed by atoms with Crippen molar-refractivity contribution in [2.75, 3.05) is 26.4 Å². The largest absolute Gasteiger partial charge is 0.389 e. The first-order chi connectivity index (χ1) is 10.2. The summed E-state index contributed by atoms with van der Waals surface area (Å²) >= 11 is 0. The normalized spacial score (nSPS) is 40.3. The summed E-state index contributed by atoms with van der Waals surface area (Å²) in [5.41, 5.74) is -0.581. The van der Waals surface area contributed by atoms with Crippen LogP contribution in [-0.2, 0) is 14.2 Å². The zero-order chi connectivity index (χ0) is 14.8. The van der Waals surface area contributed by atoms with Gasteiger partial charge in [-0.05, 0) is 44.4 Å². The van der Waals surface area contributed by atoms with Crippen LogP contribution in [0.4, 0.5) is 0 Å². The Labute approximate surface area is 128 Å². The molecule has 3 heterocycles. The third-order valence-electron chi connectivity index (χ3n) is 5.74. The molecule has 0 bridgehead atoms. The molecule has 3 atom stereocenters. The van der Waals surface area contributed by atoms with E-state index < -0.39 is 5.60 Å². The van der Waals surface area contributed by atoms with Gasteiger partial charge in [0.15, 0.2) is 0 Å². The molecular formula is C17H30O4. The van der Waals surface area contributed by atoms with E-state index in [0.717, 1.165) is 71.2 Å². The summed E-state index contributed by atoms with van der Waals surface area (Å²) in [6, 6.07) is 0. The fourth-order valence-corrected chi connectivity index (χ4v) is 4.41. The van der Waals surface area contributed by atoms with Crippen molar-refractivity contribution in [2.24, 2.45) is 5.92 Å². The van der Waals surface area contributed by atoms with Gasteiger partial charge in [-0.25, -0.2) is 0 Å². The van der Waals surface area contributed by atoms with Gasteiger partial charge in [-0.15, -0.1) is 0 Å². The standard InChI is InChI=1S/C17H30O4/c1-2-3-15-13-17(18,7-11-20-15)14-4-8-21-16(12-14)5-9-19-10-6-16/h14-15,18H,2-13H2,1H3. The minimum Gasteiger partial charge on any atom is -0.389 e. The fraction of sp³-hybridized carbons (Fsp3) is 1.00. The summed E-state index contributed by atoms with van der Waals surface area (Å²) in [4.78, 5) is 0. The van der Waals surface area contributed by atoms with Gasteiger partial charge in [0.2, 0.25) is 0 Å². The molecule has 3 unspecified atom stereocenters. The van der Waals surface area contributed by atoms with E-state index in [4.69, 9.17) is 14.2 Å². The lowest BCUT2D eigenvalue weighted by Gasteiger charge is -2.50. The molecule has 4 heteroatoms. The smallest absolute Gasteiger partial charge is 0.0730 e. The van der Waals surface area contributed by atoms with Crippen LogP contribution >= 0.6 is 0 Å². The van der Waals surface area contributed by atoms with E-state index in [2.05, 4.69) is 6.92 Å². The lowest BCUT2D eigenvalue weighted by Crippen LogP contribution is -2.53. The predicted molar refractivity (Wildman–Crippen MR) is 80.3 cm³/mol. The molecule has 4 nitrogen and oxygen atoms in total. The highest BCUT2D eigenvalue weighted by atomic mass is 16.5. The van der Waals surface area contributed by atoms with Crippen LogP contribution < -0.4 is 0 Å². The lowest BCUT2D eigenvalue weighted by molar-refractivity contribution is -0.197. The highest BCUT2D eigenvalue weighted by Gasteiger charge is 2.48. The second-order valence-corrected chi connectivity index (χ2v) is 7.17. The van der Waals surface area contributed by atoms with Crippen LogP contribution in [0.2, 0.25) is 0 Å². The van der Waals surface area contributed by atoms with Crippen molar-refractivity contribution in [3.8, 4) is 0 Å². The van der Waals surface area contributed by atoms with Crippen molar-refractivity contribution in [3.63, 3.8) is 0 Å². The van der Waals surface area contributed by atoms with Crippen molar-refractivity contribution in [2.45, 2.75) is 75.6 Å². The summed E-state index contributed by atoms with van der Waals surface area (Å²) in [5.74, 6) is 0.354. The van der Waals surface area contributed by atoms with E-state index >= 15 is 0 Å². The van der Waals surface area contributed by atoms with Crippen LogP contribution in [0.1, 0.15) is 58.3 Å². The minimum atomic E-state index is -0.548. The molecule has 3 rings (SSSR count).